The van der Waals surface area contributed by atoms with Crippen molar-refractivity contribution in [2.24, 2.45) is 5.41 Å². The average Bonchev–Trinajstić information content (AvgIpc) is 2.58. The maximum atomic E-state index is 12.5. The molecule has 0 radical (unpaired) electrons. The molecule has 1 aromatic rings. The van der Waals surface area contributed by atoms with E-state index in [1.807, 2.05) is 19.1 Å². The summed E-state index contributed by atoms with van der Waals surface area (Å²) in [7, 11) is 0. The number of hydrogen-bond donors (Lipinski definition) is 0. The summed E-state index contributed by atoms with van der Waals surface area (Å²) in [5, 5.41) is 0. The van der Waals surface area contributed by atoms with Gasteiger partial charge in [0, 0.05) is 0 Å². The minimum absolute atomic E-state index is 0.0934. The van der Waals surface area contributed by atoms with Gasteiger partial charge in [0.15, 0.2) is 0 Å². The first-order valence-corrected chi connectivity index (χ1v) is 9.37. The van der Waals surface area contributed by atoms with Crippen molar-refractivity contribution in [1.29, 1.82) is 0 Å². The lowest BCUT2D eigenvalue weighted by molar-refractivity contribution is -0.145. The lowest BCUT2D eigenvalue weighted by atomic mass is 9.82. The van der Waals surface area contributed by atoms with Gasteiger partial charge in [0.05, 0.1) is 5.41 Å². The van der Waals surface area contributed by atoms with Crippen molar-refractivity contribution in [2.45, 2.75) is 85.5 Å². The van der Waals surface area contributed by atoms with Gasteiger partial charge in [0.25, 0.3) is 0 Å². The van der Waals surface area contributed by atoms with Gasteiger partial charge in [0.2, 0.25) is 0 Å². The van der Waals surface area contributed by atoms with Gasteiger partial charge in [0.1, 0.15) is 5.75 Å². The Bertz CT molecular complexity index is 449. The summed E-state index contributed by atoms with van der Waals surface area (Å²) in [5.74, 6) is 0.577. The molecule has 1 unspecified atom stereocenters. The quantitative estimate of drug-likeness (QED) is 0.271. The summed E-state index contributed by atoms with van der Waals surface area (Å²) in [6.45, 7) is 8.47. The van der Waals surface area contributed by atoms with Gasteiger partial charge in [-0.2, -0.15) is 0 Å². The molecule has 0 N–H and O–H groups in total. The standard InChI is InChI=1S/C21H34O2/c1-5-8-10-11-12-18-13-15-19(16-14-18)23-20(22)21(4,7-3)17-9-6-2/h13-16H,5-12,17H2,1-4H3. The number of rotatable bonds is 11. The molecule has 0 amide bonds. The minimum atomic E-state index is -0.366. The summed E-state index contributed by atoms with van der Waals surface area (Å²) >= 11 is 0. The molecule has 2 heteroatoms. The largest absolute Gasteiger partial charge is 0.426 e. The summed E-state index contributed by atoms with van der Waals surface area (Å²) < 4.78 is 5.63. The van der Waals surface area contributed by atoms with E-state index in [0.717, 1.165) is 32.1 Å². The van der Waals surface area contributed by atoms with E-state index in [-0.39, 0.29) is 11.4 Å². The highest BCUT2D eigenvalue weighted by Crippen LogP contribution is 2.30. The molecule has 0 aromatic heterocycles. The van der Waals surface area contributed by atoms with Crippen LogP contribution in [0.3, 0.4) is 0 Å². The third kappa shape index (κ3) is 6.76. The molecule has 0 aliphatic heterocycles. The van der Waals surface area contributed by atoms with E-state index in [9.17, 15) is 4.79 Å². The molecule has 1 atom stereocenters. The lowest BCUT2D eigenvalue weighted by Crippen LogP contribution is -2.31. The van der Waals surface area contributed by atoms with Crippen molar-refractivity contribution in [3.05, 3.63) is 29.8 Å². The highest BCUT2D eigenvalue weighted by atomic mass is 16.5. The fourth-order valence-electron chi connectivity index (χ4n) is 2.70. The van der Waals surface area contributed by atoms with E-state index in [2.05, 4.69) is 32.9 Å². The van der Waals surface area contributed by atoms with Crippen LogP contribution in [0.25, 0.3) is 0 Å². The molecule has 1 rings (SSSR count). The molecule has 23 heavy (non-hydrogen) atoms. The van der Waals surface area contributed by atoms with Crippen LogP contribution in [0, 0.1) is 5.41 Å². The Kier molecular flexibility index (Phi) is 8.98. The van der Waals surface area contributed by atoms with Gasteiger partial charge in [-0.15, -0.1) is 0 Å². The van der Waals surface area contributed by atoms with Crippen LogP contribution >= 0.6 is 0 Å². The van der Waals surface area contributed by atoms with Crippen molar-refractivity contribution in [2.75, 3.05) is 0 Å². The number of carbonyl (C=O) groups excluding carboxylic acids is 1. The third-order valence-corrected chi connectivity index (χ3v) is 4.81. The zero-order chi connectivity index (χ0) is 17.1. The van der Waals surface area contributed by atoms with Crippen molar-refractivity contribution in [3.63, 3.8) is 0 Å². The number of hydrogen-bond acceptors (Lipinski definition) is 2. The van der Waals surface area contributed by atoms with Crippen LogP contribution in [0.1, 0.15) is 84.6 Å². The molecular weight excluding hydrogens is 284 g/mol. The minimum Gasteiger partial charge on any atom is -0.426 e. The fourth-order valence-corrected chi connectivity index (χ4v) is 2.70. The Balaban J connectivity index is 2.54. The van der Waals surface area contributed by atoms with E-state index < -0.39 is 0 Å². The molecule has 1 aromatic carbocycles. The Morgan fingerprint density at radius 2 is 1.61 bits per heavy atom. The molecule has 0 aliphatic rings. The number of esters is 1. The number of unbranched alkanes of at least 4 members (excludes halogenated alkanes) is 4. The van der Waals surface area contributed by atoms with E-state index in [1.54, 1.807) is 0 Å². The summed E-state index contributed by atoms with van der Waals surface area (Å²) in [4.78, 5) is 12.5. The van der Waals surface area contributed by atoms with Crippen LogP contribution in [0.4, 0.5) is 0 Å². The Labute approximate surface area is 142 Å². The van der Waals surface area contributed by atoms with Crippen molar-refractivity contribution in [1.82, 2.24) is 0 Å². The molecule has 0 saturated carbocycles. The maximum Gasteiger partial charge on any atom is 0.317 e. The molecule has 2 nitrogen and oxygen atoms in total. The van der Waals surface area contributed by atoms with Crippen LogP contribution < -0.4 is 4.74 Å². The summed E-state index contributed by atoms with van der Waals surface area (Å²) in [6.07, 6.45) is 10.1. The zero-order valence-corrected chi connectivity index (χ0v) is 15.5. The predicted molar refractivity (Wildman–Crippen MR) is 97.8 cm³/mol. The van der Waals surface area contributed by atoms with Gasteiger partial charge in [-0.3, -0.25) is 4.79 Å². The molecular formula is C21H34O2. The van der Waals surface area contributed by atoms with Crippen LogP contribution in [0.5, 0.6) is 5.75 Å². The lowest BCUT2D eigenvalue weighted by Gasteiger charge is -2.25. The molecule has 0 fully saturated rings. The Morgan fingerprint density at radius 3 is 2.17 bits per heavy atom. The molecule has 0 saturated heterocycles. The maximum absolute atomic E-state index is 12.5. The van der Waals surface area contributed by atoms with Crippen molar-refractivity contribution in [3.8, 4) is 5.75 Å². The topological polar surface area (TPSA) is 26.3 Å². The van der Waals surface area contributed by atoms with E-state index >= 15 is 0 Å². The second-order valence-electron chi connectivity index (χ2n) is 6.86. The zero-order valence-electron chi connectivity index (χ0n) is 15.5. The third-order valence-electron chi connectivity index (χ3n) is 4.81. The van der Waals surface area contributed by atoms with Gasteiger partial charge in [-0.1, -0.05) is 65.0 Å². The monoisotopic (exact) mass is 318 g/mol. The summed E-state index contributed by atoms with van der Waals surface area (Å²) in [6, 6.07) is 8.04. The van der Waals surface area contributed by atoms with Crippen LogP contribution in [0.2, 0.25) is 0 Å². The number of benzene rings is 1. The molecule has 0 heterocycles. The van der Waals surface area contributed by atoms with Crippen molar-refractivity contribution >= 4 is 5.97 Å². The number of aryl methyl sites for hydroxylation is 1. The fraction of sp³-hybridized carbons (Fsp3) is 0.667. The first-order chi connectivity index (χ1) is 11.1. The van der Waals surface area contributed by atoms with E-state index in [1.165, 1.54) is 31.2 Å². The van der Waals surface area contributed by atoms with Gasteiger partial charge >= 0.3 is 5.97 Å². The summed E-state index contributed by atoms with van der Waals surface area (Å²) in [5.41, 5.74) is 0.958. The molecule has 0 aliphatic carbocycles. The normalized spacial score (nSPS) is 13.6. The van der Waals surface area contributed by atoms with E-state index in [0.29, 0.717) is 5.75 Å². The average molecular weight is 319 g/mol. The Hall–Kier alpha value is -1.31. The van der Waals surface area contributed by atoms with Crippen LogP contribution in [0.15, 0.2) is 24.3 Å². The van der Waals surface area contributed by atoms with Crippen LogP contribution in [-0.2, 0) is 11.2 Å². The molecule has 0 bridgehead atoms. The highest BCUT2D eigenvalue weighted by Gasteiger charge is 2.32. The number of ether oxygens (including phenoxy) is 1. The first-order valence-electron chi connectivity index (χ1n) is 9.37. The number of carbonyl (C=O) groups is 1. The molecule has 0 spiro atoms. The second-order valence-corrected chi connectivity index (χ2v) is 6.86. The van der Waals surface area contributed by atoms with Crippen LogP contribution in [-0.4, -0.2) is 5.97 Å². The van der Waals surface area contributed by atoms with Crippen molar-refractivity contribution < 1.29 is 9.53 Å². The highest BCUT2D eigenvalue weighted by molar-refractivity contribution is 5.78. The van der Waals surface area contributed by atoms with Gasteiger partial charge in [-0.25, -0.2) is 0 Å². The first kappa shape index (κ1) is 19.7. The van der Waals surface area contributed by atoms with E-state index in [4.69, 9.17) is 4.74 Å². The smallest absolute Gasteiger partial charge is 0.317 e. The Morgan fingerprint density at radius 1 is 0.957 bits per heavy atom. The predicted octanol–water partition coefficient (Wildman–Crippen LogP) is 6.32. The second kappa shape index (κ2) is 10.5. The van der Waals surface area contributed by atoms with Gasteiger partial charge < -0.3 is 4.74 Å². The SMILES string of the molecule is CCCCCCc1ccc(OC(=O)C(C)(CC)CCCC)cc1. The van der Waals surface area contributed by atoms with Gasteiger partial charge in [-0.05, 0) is 50.3 Å². The molecule has 130 valence electrons.